The van der Waals surface area contributed by atoms with E-state index >= 15 is 0 Å². The fourth-order valence-corrected chi connectivity index (χ4v) is 5.39. The monoisotopic (exact) mass is 467 g/mol. The molecule has 0 spiro atoms. The summed E-state index contributed by atoms with van der Waals surface area (Å²) in [5.41, 5.74) is 2.94. The molecule has 0 bridgehead atoms. The molecule has 0 atom stereocenters. The molecule has 0 aliphatic carbocycles. The van der Waals surface area contributed by atoms with E-state index in [2.05, 4.69) is 20.2 Å². The number of hydrogen-bond donors (Lipinski definition) is 1. The van der Waals surface area contributed by atoms with Gasteiger partial charge in [-0.25, -0.2) is 18.4 Å². The highest BCUT2D eigenvalue weighted by atomic mass is 32.2. The minimum absolute atomic E-state index is 0.289. The minimum Gasteiger partial charge on any atom is -0.496 e. The normalized spacial score (nSPS) is 14.8. The van der Waals surface area contributed by atoms with Gasteiger partial charge in [0, 0.05) is 37.9 Å². The highest BCUT2D eigenvalue weighted by Gasteiger charge is 2.29. The van der Waals surface area contributed by atoms with E-state index in [9.17, 15) is 8.42 Å². The Morgan fingerprint density at radius 2 is 1.61 bits per heavy atom. The van der Waals surface area contributed by atoms with E-state index in [-0.39, 0.29) is 4.90 Å². The van der Waals surface area contributed by atoms with Crippen molar-refractivity contribution in [3.8, 4) is 5.75 Å². The van der Waals surface area contributed by atoms with Crippen LogP contribution in [0.2, 0.25) is 0 Å². The predicted molar refractivity (Wildman–Crippen MR) is 130 cm³/mol. The summed E-state index contributed by atoms with van der Waals surface area (Å²) in [6.07, 6.45) is 0. The number of piperazine rings is 1. The van der Waals surface area contributed by atoms with Gasteiger partial charge in [0.15, 0.2) is 0 Å². The van der Waals surface area contributed by atoms with Gasteiger partial charge in [-0.1, -0.05) is 17.7 Å². The lowest BCUT2D eigenvalue weighted by molar-refractivity contribution is 0.383. The summed E-state index contributed by atoms with van der Waals surface area (Å²) in [7, 11) is -1.99. The summed E-state index contributed by atoms with van der Waals surface area (Å²) in [4.78, 5) is 11.5. The zero-order valence-corrected chi connectivity index (χ0v) is 20.2. The topological polar surface area (TPSA) is 87.7 Å². The Morgan fingerprint density at radius 1 is 0.909 bits per heavy atom. The number of rotatable bonds is 6. The highest BCUT2D eigenvalue weighted by Crippen LogP contribution is 2.26. The van der Waals surface area contributed by atoms with E-state index < -0.39 is 10.0 Å². The first-order valence-corrected chi connectivity index (χ1v) is 12.3. The third-order valence-corrected chi connectivity index (χ3v) is 7.61. The lowest BCUT2D eigenvalue weighted by Crippen LogP contribution is -2.49. The van der Waals surface area contributed by atoms with E-state index in [4.69, 9.17) is 4.74 Å². The van der Waals surface area contributed by atoms with Crippen LogP contribution in [0.15, 0.2) is 53.4 Å². The van der Waals surface area contributed by atoms with Gasteiger partial charge in [-0.3, -0.25) is 0 Å². The quantitative estimate of drug-likeness (QED) is 0.592. The third-order valence-electron chi connectivity index (χ3n) is 5.72. The smallest absolute Gasteiger partial charge is 0.243 e. The number of hydrogen-bond acceptors (Lipinski definition) is 7. The second-order valence-corrected chi connectivity index (χ2v) is 10.1. The molecule has 1 aliphatic rings. The average molecular weight is 468 g/mol. The molecule has 0 unspecified atom stereocenters. The van der Waals surface area contributed by atoms with Crippen LogP contribution in [0.4, 0.5) is 17.3 Å². The number of benzene rings is 2. The van der Waals surface area contributed by atoms with Crippen molar-refractivity contribution in [1.29, 1.82) is 0 Å². The van der Waals surface area contributed by atoms with Crippen molar-refractivity contribution in [1.82, 2.24) is 14.3 Å². The Hall–Kier alpha value is -3.17. The second-order valence-electron chi connectivity index (χ2n) is 8.17. The van der Waals surface area contributed by atoms with Crippen molar-refractivity contribution in [2.24, 2.45) is 0 Å². The van der Waals surface area contributed by atoms with Gasteiger partial charge in [0.2, 0.25) is 10.0 Å². The number of anilines is 3. The number of sulfonamides is 1. The standard InChI is InChI=1S/C24H29N5O3S/c1-17-5-7-20(8-6-17)27-23-16-24(26-19(3)25-23)28-11-13-29(14-12-28)33(30,31)21-9-10-22(32-4)18(2)15-21/h5-10,15-16H,11-14H2,1-4H3,(H,25,26,27). The number of methoxy groups -OCH3 is 1. The van der Waals surface area contributed by atoms with Gasteiger partial charge in [-0.15, -0.1) is 0 Å². The van der Waals surface area contributed by atoms with Crippen molar-refractivity contribution in [3.05, 3.63) is 65.5 Å². The molecule has 8 nitrogen and oxygen atoms in total. The SMILES string of the molecule is COc1ccc(S(=O)(=O)N2CCN(c3cc(Nc4ccc(C)cc4)nc(C)n3)CC2)cc1C. The zero-order valence-electron chi connectivity index (χ0n) is 19.4. The molecule has 2 heterocycles. The van der Waals surface area contributed by atoms with Crippen LogP contribution in [0.5, 0.6) is 5.75 Å². The minimum atomic E-state index is -3.57. The van der Waals surface area contributed by atoms with Gasteiger partial charge in [0.25, 0.3) is 0 Å². The third kappa shape index (κ3) is 5.09. The average Bonchev–Trinajstić information content (AvgIpc) is 2.80. The lowest BCUT2D eigenvalue weighted by atomic mass is 10.2. The summed E-state index contributed by atoms with van der Waals surface area (Å²) in [6.45, 7) is 7.62. The molecule has 3 aromatic rings. The summed E-state index contributed by atoms with van der Waals surface area (Å²) in [6, 6.07) is 15.0. The van der Waals surface area contributed by atoms with E-state index in [1.165, 1.54) is 9.87 Å². The van der Waals surface area contributed by atoms with Gasteiger partial charge < -0.3 is 15.0 Å². The molecule has 1 aliphatic heterocycles. The van der Waals surface area contributed by atoms with Gasteiger partial charge >= 0.3 is 0 Å². The van der Waals surface area contributed by atoms with Crippen molar-refractivity contribution >= 4 is 27.3 Å². The van der Waals surface area contributed by atoms with E-state index in [1.54, 1.807) is 25.3 Å². The molecule has 0 radical (unpaired) electrons. The Kier molecular flexibility index (Phi) is 6.53. The number of nitrogens with zero attached hydrogens (tertiary/aromatic N) is 4. The maximum atomic E-state index is 13.1. The van der Waals surface area contributed by atoms with Gasteiger partial charge in [-0.2, -0.15) is 4.31 Å². The van der Waals surface area contributed by atoms with Crippen LogP contribution in [-0.2, 0) is 10.0 Å². The molecule has 2 aromatic carbocycles. The van der Waals surface area contributed by atoms with Crippen LogP contribution < -0.4 is 15.0 Å². The fourth-order valence-electron chi connectivity index (χ4n) is 3.88. The highest BCUT2D eigenvalue weighted by molar-refractivity contribution is 7.89. The maximum Gasteiger partial charge on any atom is 0.243 e. The van der Waals surface area contributed by atoms with Crippen molar-refractivity contribution in [3.63, 3.8) is 0 Å². The van der Waals surface area contributed by atoms with Crippen molar-refractivity contribution in [2.75, 3.05) is 43.5 Å². The molecule has 0 saturated carbocycles. The summed E-state index contributed by atoms with van der Waals surface area (Å²) in [5.74, 6) is 2.83. The van der Waals surface area contributed by atoms with Gasteiger partial charge in [-0.05, 0) is 56.7 Å². The molecule has 1 aromatic heterocycles. The molecule has 1 N–H and O–H groups in total. The van der Waals surface area contributed by atoms with E-state index in [0.29, 0.717) is 43.6 Å². The fraction of sp³-hybridized carbons (Fsp3) is 0.333. The first kappa shape index (κ1) is 23.0. The lowest BCUT2D eigenvalue weighted by Gasteiger charge is -2.35. The van der Waals surface area contributed by atoms with Crippen LogP contribution in [0, 0.1) is 20.8 Å². The largest absolute Gasteiger partial charge is 0.496 e. The molecule has 33 heavy (non-hydrogen) atoms. The predicted octanol–water partition coefficient (Wildman–Crippen LogP) is 3.66. The Balaban J connectivity index is 1.46. The number of ether oxygens (including phenoxy) is 1. The molecule has 1 fully saturated rings. The molecular formula is C24H29N5O3S. The van der Waals surface area contributed by atoms with Crippen molar-refractivity contribution in [2.45, 2.75) is 25.7 Å². The summed E-state index contributed by atoms with van der Waals surface area (Å²) < 4.78 is 33.1. The van der Waals surface area contributed by atoms with Crippen LogP contribution in [-0.4, -0.2) is 56.0 Å². The van der Waals surface area contributed by atoms with Crippen LogP contribution >= 0.6 is 0 Å². The molecule has 0 amide bonds. The Morgan fingerprint density at radius 3 is 2.24 bits per heavy atom. The van der Waals surface area contributed by atoms with E-state index in [1.807, 2.05) is 51.1 Å². The van der Waals surface area contributed by atoms with Crippen LogP contribution in [0.25, 0.3) is 0 Å². The van der Waals surface area contributed by atoms with Crippen molar-refractivity contribution < 1.29 is 13.2 Å². The van der Waals surface area contributed by atoms with Gasteiger partial charge in [0.05, 0.1) is 12.0 Å². The second kappa shape index (κ2) is 9.36. The first-order chi connectivity index (χ1) is 15.8. The number of aromatic nitrogens is 2. The van der Waals surface area contributed by atoms with Gasteiger partial charge in [0.1, 0.15) is 23.2 Å². The molecule has 174 valence electrons. The maximum absolute atomic E-state index is 13.1. The Bertz CT molecular complexity index is 1240. The Labute approximate surface area is 195 Å². The van der Waals surface area contributed by atoms with E-state index in [0.717, 1.165) is 17.1 Å². The molecule has 9 heteroatoms. The summed E-state index contributed by atoms with van der Waals surface area (Å²) >= 11 is 0. The van der Waals surface area contributed by atoms with Crippen LogP contribution in [0.3, 0.4) is 0 Å². The van der Waals surface area contributed by atoms with Crippen LogP contribution in [0.1, 0.15) is 17.0 Å². The number of aryl methyl sites for hydroxylation is 3. The number of nitrogens with one attached hydrogen (secondary N) is 1. The molecular weight excluding hydrogens is 438 g/mol. The summed E-state index contributed by atoms with van der Waals surface area (Å²) in [5, 5.41) is 3.33. The zero-order chi connectivity index (χ0) is 23.6. The molecule has 4 rings (SSSR count). The first-order valence-electron chi connectivity index (χ1n) is 10.9. The molecule has 1 saturated heterocycles.